The van der Waals surface area contributed by atoms with Gasteiger partial charge in [0.2, 0.25) is 23.6 Å². The molecule has 0 heterocycles. The van der Waals surface area contributed by atoms with Crippen molar-refractivity contribution in [3.05, 3.63) is 0 Å². The molecule has 0 fully saturated rings. The van der Waals surface area contributed by atoms with Gasteiger partial charge >= 0.3 is 5.97 Å². The van der Waals surface area contributed by atoms with E-state index in [0.717, 1.165) is 6.42 Å². The summed E-state index contributed by atoms with van der Waals surface area (Å²) < 4.78 is 0. The summed E-state index contributed by atoms with van der Waals surface area (Å²) in [6.07, 6.45) is 1.79. The number of carboxylic acid groups (broad SMARTS) is 1. The van der Waals surface area contributed by atoms with E-state index in [9.17, 15) is 29.1 Å². The smallest absolute Gasteiger partial charge is 0.328 e. The zero-order chi connectivity index (χ0) is 28.5. The molecule has 4 amide bonds. The van der Waals surface area contributed by atoms with Gasteiger partial charge in [0.15, 0.2) is 6.04 Å². The number of unbranched alkanes of at least 4 members (excludes halogenated alkanes) is 2. The number of carboxylic acids is 1. The maximum atomic E-state index is 13.0. The lowest BCUT2D eigenvalue weighted by atomic mass is 10.0. The molecule has 0 aliphatic carbocycles. The number of amides is 4. The molecular formula is C23H45N7O7. The number of aliphatic carboxylic acids is 1. The minimum atomic E-state index is -1.54. The van der Waals surface area contributed by atoms with E-state index in [-0.39, 0.29) is 12.3 Å². The molecule has 37 heavy (non-hydrogen) atoms. The van der Waals surface area contributed by atoms with Crippen LogP contribution < -0.4 is 38.5 Å². The molecule has 14 heteroatoms. The molecule has 0 bridgehead atoms. The van der Waals surface area contributed by atoms with Crippen LogP contribution in [0.2, 0.25) is 0 Å². The van der Waals surface area contributed by atoms with Crippen LogP contribution >= 0.6 is 0 Å². The van der Waals surface area contributed by atoms with Gasteiger partial charge in [-0.05, 0) is 58.0 Å². The number of hydrogen-bond acceptors (Lipinski definition) is 9. The number of carbonyl (C=O) groups excluding carboxylic acids is 4. The first kappa shape index (κ1) is 34.2. The second-order valence-corrected chi connectivity index (χ2v) is 9.31. The van der Waals surface area contributed by atoms with Gasteiger partial charge in [0.05, 0.1) is 18.7 Å². The van der Waals surface area contributed by atoms with Crippen LogP contribution in [0.1, 0.15) is 59.3 Å². The molecule has 12 N–H and O–H groups in total. The molecule has 5 atom stereocenters. The van der Waals surface area contributed by atoms with E-state index >= 15 is 0 Å². The van der Waals surface area contributed by atoms with Gasteiger partial charge in [-0.15, -0.1) is 0 Å². The maximum absolute atomic E-state index is 13.0. The van der Waals surface area contributed by atoms with Gasteiger partial charge in [-0.3, -0.25) is 19.2 Å². The third-order valence-corrected chi connectivity index (χ3v) is 5.62. The molecule has 0 spiro atoms. The van der Waals surface area contributed by atoms with Crippen molar-refractivity contribution in [2.45, 2.75) is 89.6 Å². The van der Waals surface area contributed by atoms with Crippen LogP contribution in [0, 0.1) is 5.92 Å². The van der Waals surface area contributed by atoms with E-state index < -0.39 is 66.4 Å². The number of carbonyl (C=O) groups is 5. The average molecular weight is 532 g/mol. The number of nitrogens with two attached hydrogens (primary N) is 3. The molecule has 5 unspecified atom stereocenters. The molecule has 14 nitrogen and oxygen atoms in total. The first-order valence-corrected chi connectivity index (χ1v) is 12.6. The fourth-order valence-electron chi connectivity index (χ4n) is 3.36. The van der Waals surface area contributed by atoms with Gasteiger partial charge in [0.1, 0.15) is 12.1 Å². The second kappa shape index (κ2) is 18.4. The summed E-state index contributed by atoms with van der Waals surface area (Å²) in [5.41, 5.74) is 16.9. The van der Waals surface area contributed by atoms with Gasteiger partial charge in [-0.2, -0.15) is 0 Å². The maximum Gasteiger partial charge on any atom is 0.328 e. The second-order valence-electron chi connectivity index (χ2n) is 9.31. The van der Waals surface area contributed by atoms with E-state index in [1.165, 1.54) is 6.92 Å². The number of aliphatic hydroxyl groups is 1. The van der Waals surface area contributed by atoms with Crippen LogP contribution in [-0.4, -0.2) is 89.7 Å². The number of rotatable bonds is 19. The lowest BCUT2D eigenvalue weighted by Crippen LogP contribution is -2.58. The lowest BCUT2D eigenvalue weighted by molar-refractivity contribution is -0.144. The minimum absolute atomic E-state index is 0.221. The molecule has 0 aliphatic rings. The average Bonchev–Trinajstić information content (AvgIpc) is 2.82. The molecule has 0 aromatic rings. The topological polar surface area (TPSA) is 252 Å². The van der Waals surface area contributed by atoms with Crippen molar-refractivity contribution in [1.82, 2.24) is 21.3 Å². The van der Waals surface area contributed by atoms with Gasteiger partial charge < -0.3 is 48.7 Å². The summed E-state index contributed by atoms with van der Waals surface area (Å²) in [5.74, 6) is -4.32. The zero-order valence-corrected chi connectivity index (χ0v) is 22.0. The Balaban J connectivity index is 5.24. The van der Waals surface area contributed by atoms with Gasteiger partial charge in [0.25, 0.3) is 0 Å². The molecular weight excluding hydrogens is 486 g/mol. The highest BCUT2D eigenvalue weighted by Crippen LogP contribution is 2.07. The molecule has 0 aliphatic heterocycles. The van der Waals surface area contributed by atoms with Gasteiger partial charge in [-0.1, -0.05) is 20.3 Å². The minimum Gasteiger partial charge on any atom is -0.480 e. The highest BCUT2D eigenvalue weighted by atomic mass is 16.4. The molecule has 0 saturated carbocycles. The first-order chi connectivity index (χ1) is 17.3. The molecule has 0 saturated heterocycles. The zero-order valence-electron chi connectivity index (χ0n) is 22.0. The van der Waals surface area contributed by atoms with E-state index in [4.69, 9.17) is 22.3 Å². The number of aliphatic hydroxyl groups excluding tert-OH is 1. The Hall–Kier alpha value is -2.81. The highest BCUT2D eigenvalue weighted by Gasteiger charge is 2.30. The van der Waals surface area contributed by atoms with Crippen molar-refractivity contribution in [2.24, 2.45) is 23.1 Å². The lowest BCUT2D eigenvalue weighted by Gasteiger charge is -2.26. The van der Waals surface area contributed by atoms with Crippen molar-refractivity contribution in [3.8, 4) is 0 Å². The van der Waals surface area contributed by atoms with E-state index in [1.54, 1.807) is 13.8 Å². The third kappa shape index (κ3) is 13.9. The van der Waals surface area contributed by atoms with E-state index in [0.29, 0.717) is 38.8 Å². The van der Waals surface area contributed by atoms with Crippen molar-refractivity contribution >= 4 is 29.6 Å². The van der Waals surface area contributed by atoms with Crippen LogP contribution in [0.15, 0.2) is 0 Å². The van der Waals surface area contributed by atoms with Gasteiger partial charge in [0, 0.05) is 0 Å². The standard InChI is InChI=1S/C23H45N7O7/c1-13(2)18(30-20(33)15(26)8-4-6-10-24)22(35)28-16(9-5-7-11-25)21(34)27-12-17(32)29-19(14(3)31)23(36)37/h13-16,18-19,31H,4-12,24-26H2,1-3H3,(H,27,34)(H,28,35)(H,29,32)(H,30,33)(H,36,37). The van der Waals surface area contributed by atoms with E-state index in [2.05, 4.69) is 21.3 Å². The Morgan fingerprint density at radius 2 is 1.32 bits per heavy atom. The third-order valence-electron chi connectivity index (χ3n) is 5.62. The normalized spacial score (nSPS) is 15.1. The predicted molar refractivity (Wildman–Crippen MR) is 137 cm³/mol. The summed E-state index contributed by atoms with van der Waals surface area (Å²) in [4.78, 5) is 61.5. The Bertz CT molecular complexity index is 749. The Kier molecular flexibility index (Phi) is 17.0. The molecule has 214 valence electrons. The Morgan fingerprint density at radius 1 is 0.757 bits per heavy atom. The van der Waals surface area contributed by atoms with Crippen molar-refractivity contribution in [3.63, 3.8) is 0 Å². The van der Waals surface area contributed by atoms with Crippen LogP contribution in [0.4, 0.5) is 0 Å². The SMILES string of the molecule is CC(C)C(NC(=O)C(N)CCCCN)C(=O)NC(CCCCN)C(=O)NCC(=O)NC(C(=O)O)C(C)O. The summed E-state index contributed by atoms with van der Waals surface area (Å²) >= 11 is 0. The van der Waals surface area contributed by atoms with E-state index in [1.807, 2.05) is 0 Å². The predicted octanol–water partition coefficient (Wildman–Crippen LogP) is -2.74. The monoisotopic (exact) mass is 531 g/mol. The largest absolute Gasteiger partial charge is 0.480 e. The van der Waals surface area contributed by atoms with Crippen molar-refractivity contribution in [2.75, 3.05) is 19.6 Å². The summed E-state index contributed by atoms with van der Waals surface area (Å²) in [7, 11) is 0. The Morgan fingerprint density at radius 3 is 1.81 bits per heavy atom. The fraction of sp³-hybridized carbons (Fsp3) is 0.783. The number of nitrogens with one attached hydrogen (secondary N) is 4. The van der Waals surface area contributed by atoms with Crippen molar-refractivity contribution < 1.29 is 34.2 Å². The highest BCUT2D eigenvalue weighted by molar-refractivity contribution is 5.94. The molecule has 0 aromatic heterocycles. The molecule has 0 aromatic carbocycles. The summed E-state index contributed by atoms with van der Waals surface area (Å²) in [5, 5.41) is 28.3. The number of hydrogen-bond donors (Lipinski definition) is 9. The summed E-state index contributed by atoms with van der Waals surface area (Å²) in [6.45, 7) is 4.98. The van der Waals surface area contributed by atoms with Crippen LogP contribution in [0.5, 0.6) is 0 Å². The fourth-order valence-corrected chi connectivity index (χ4v) is 3.36. The quantitative estimate of drug-likeness (QED) is 0.0777. The van der Waals surface area contributed by atoms with Crippen molar-refractivity contribution in [1.29, 1.82) is 0 Å². The summed E-state index contributed by atoms with van der Waals surface area (Å²) in [6, 6.07) is -4.33. The Labute approximate surface area is 217 Å². The molecule has 0 radical (unpaired) electrons. The first-order valence-electron chi connectivity index (χ1n) is 12.6. The van der Waals surface area contributed by atoms with Gasteiger partial charge in [-0.25, -0.2) is 4.79 Å². The van der Waals surface area contributed by atoms with Crippen LogP contribution in [0.3, 0.4) is 0 Å². The molecule has 0 rings (SSSR count). The van der Waals surface area contributed by atoms with Crippen LogP contribution in [0.25, 0.3) is 0 Å². The van der Waals surface area contributed by atoms with Crippen LogP contribution in [-0.2, 0) is 24.0 Å².